The zero-order chi connectivity index (χ0) is 37.9. The number of carbonyl (C=O) groups is 1. The number of likely N-dealkylation sites (tertiary alicyclic amines) is 2. The highest BCUT2D eigenvalue weighted by Crippen LogP contribution is 2.51. The van der Waals surface area contributed by atoms with Crippen LogP contribution in [-0.2, 0) is 14.6 Å². The van der Waals surface area contributed by atoms with Gasteiger partial charge in [-0.25, -0.2) is 36.9 Å². The Bertz CT molecular complexity index is 2110. The molecule has 0 radical (unpaired) electrons. The first kappa shape index (κ1) is 37.2. The third kappa shape index (κ3) is 7.49. The summed E-state index contributed by atoms with van der Waals surface area (Å²) in [4.78, 5) is 29.8. The average molecular weight is 750 g/mol. The van der Waals surface area contributed by atoms with Crippen LogP contribution in [0.1, 0.15) is 85.0 Å². The number of aromatic nitrogens is 4. The van der Waals surface area contributed by atoms with E-state index in [1.807, 2.05) is 44.1 Å². The quantitative estimate of drug-likeness (QED) is 0.202. The number of sulfone groups is 1. The summed E-state index contributed by atoms with van der Waals surface area (Å²) in [5.41, 5.74) is 1.26. The lowest BCUT2D eigenvalue weighted by atomic mass is 9.60. The van der Waals surface area contributed by atoms with Crippen LogP contribution in [0.4, 0.5) is 25.2 Å². The van der Waals surface area contributed by atoms with Crippen molar-refractivity contribution in [1.82, 2.24) is 29.3 Å². The Labute approximate surface area is 310 Å². The molecule has 1 spiro atoms. The van der Waals surface area contributed by atoms with Gasteiger partial charge in [-0.1, -0.05) is 0 Å². The van der Waals surface area contributed by atoms with E-state index in [4.69, 9.17) is 4.74 Å². The van der Waals surface area contributed by atoms with Gasteiger partial charge in [-0.3, -0.25) is 0 Å². The summed E-state index contributed by atoms with van der Waals surface area (Å²) in [5.74, 6) is -0.526. The van der Waals surface area contributed by atoms with E-state index in [0.29, 0.717) is 35.9 Å². The number of fused-ring (bicyclic) bond motifs is 1. The molecule has 2 aromatic heterocycles. The van der Waals surface area contributed by atoms with Gasteiger partial charge in [-0.15, -0.1) is 0 Å². The van der Waals surface area contributed by atoms with Crippen molar-refractivity contribution in [2.45, 2.75) is 108 Å². The molecule has 3 aliphatic rings. The number of halogens is 2. The van der Waals surface area contributed by atoms with Crippen LogP contribution in [-0.4, -0.2) is 86.9 Å². The third-order valence-corrected chi connectivity index (χ3v) is 13.4. The lowest BCUT2D eigenvalue weighted by Crippen LogP contribution is -2.57. The van der Waals surface area contributed by atoms with Crippen molar-refractivity contribution in [3.8, 4) is 11.3 Å². The molecule has 1 aliphatic carbocycles. The summed E-state index contributed by atoms with van der Waals surface area (Å²) >= 11 is 0. The molecule has 0 atom stereocenters. The molecule has 4 heterocycles. The molecule has 284 valence electrons. The monoisotopic (exact) mass is 749 g/mol. The van der Waals surface area contributed by atoms with Crippen LogP contribution in [0.3, 0.4) is 0 Å². The lowest BCUT2D eigenvalue weighted by Gasteiger charge is -2.56. The number of hydrogen-bond donors (Lipinski definition) is 1. The fourth-order valence-corrected chi connectivity index (χ4v) is 10.1. The highest BCUT2D eigenvalue weighted by atomic mass is 32.2. The topological polar surface area (TPSA) is 123 Å². The number of ether oxygens (including phenoxy) is 1. The van der Waals surface area contributed by atoms with Gasteiger partial charge in [0.25, 0.3) is 0 Å². The SMILES string of the molecule is Cc1nc2c(F)cc(-c3nc(Nc4ccc(S(=O)(=O)C5CCN(C6CC7(CCN(C(=O)OC(C)(C)C)CC7)C6)CC5)cc4)ncc3F)cc2n1C(C)C. The van der Waals surface area contributed by atoms with Crippen molar-refractivity contribution in [1.29, 1.82) is 0 Å². The Balaban J connectivity index is 0.945. The predicted octanol–water partition coefficient (Wildman–Crippen LogP) is 7.82. The fourth-order valence-electron chi connectivity index (χ4n) is 8.38. The van der Waals surface area contributed by atoms with Crippen molar-refractivity contribution in [2.24, 2.45) is 5.41 Å². The number of nitrogens with zero attached hydrogens (tertiary/aromatic N) is 6. The number of imidazole rings is 1. The molecule has 1 N–H and O–H groups in total. The van der Waals surface area contributed by atoms with Crippen LogP contribution in [0.2, 0.25) is 0 Å². The number of anilines is 2. The Morgan fingerprint density at radius 3 is 2.26 bits per heavy atom. The average Bonchev–Trinajstić information content (AvgIpc) is 3.44. The Morgan fingerprint density at radius 2 is 1.64 bits per heavy atom. The molecule has 2 aromatic carbocycles. The van der Waals surface area contributed by atoms with Crippen molar-refractivity contribution in [2.75, 3.05) is 31.5 Å². The van der Waals surface area contributed by atoms with Gasteiger partial charge in [0.1, 0.15) is 22.6 Å². The summed E-state index contributed by atoms with van der Waals surface area (Å²) in [7, 11) is -3.55. The summed E-state index contributed by atoms with van der Waals surface area (Å²) in [6.07, 6.45) is 6.10. The Hall–Kier alpha value is -4.17. The van der Waals surface area contributed by atoms with Gasteiger partial charge < -0.3 is 24.4 Å². The second kappa shape index (κ2) is 13.9. The van der Waals surface area contributed by atoms with E-state index < -0.39 is 32.3 Å². The Kier molecular flexibility index (Phi) is 9.75. The first-order valence-electron chi connectivity index (χ1n) is 18.6. The number of nitrogens with one attached hydrogen (secondary N) is 1. The number of benzene rings is 2. The number of hydrogen-bond acceptors (Lipinski definition) is 9. The molecule has 11 nitrogen and oxygen atoms in total. The van der Waals surface area contributed by atoms with Gasteiger partial charge in [0.2, 0.25) is 5.95 Å². The largest absolute Gasteiger partial charge is 0.444 e. The maximum atomic E-state index is 15.1. The van der Waals surface area contributed by atoms with E-state index >= 15 is 8.78 Å². The van der Waals surface area contributed by atoms with Gasteiger partial charge in [0, 0.05) is 36.4 Å². The van der Waals surface area contributed by atoms with Gasteiger partial charge >= 0.3 is 6.09 Å². The second-order valence-electron chi connectivity index (χ2n) is 16.3. The van der Waals surface area contributed by atoms with Crippen LogP contribution < -0.4 is 5.32 Å². The zero-order valence-corrected chi connectivity index (χ0v) is 32.1. The highest BCUT2D eigenvalue weighted by molar-refractivity contribution is 7.92. The molecule has 0 bridgehead atoms. The van der Waals surface area contributed by atoms with Crippen LogP contribution in [0.5, 0.6) is 0 Å². The molecular weight excluding hydrogens is 701 g/mol. The van der Waals surface area contributed by atoms with E-state index in [-0.39, 0.29) is 45.2 Å². The summed E-state index contributed by atoms with van der Waals surface area (Å²) in [5, 5.41) is 2.57. The van der Waals surface area contributed by atoms with Crippen molar-refractivity contribution < 1.29 is 26.7 Å². The number of aryl methyl sites for hydroxylation is 1. The predicted molar refractivity (Wildman–Crippen MR) is 200 cm³/mol. The number of carbonyl (C=O) groups excluding carboxylic acids is 1. The Morgan fingerprint density at radius 1 is 0.981 bits per heavy atom. The normalized spacial score (nSPS) is 18.8. The molecular formula is C39H49F2N7O4S. The molecule has 0 unspecified atom stereocenters. The lowest BCUT2D eigenvalue weighted by molar-refractivity contribution is -0.0516. The number of amides is 1. The van der Waals surface area contributed by atoms with E-state index in [1.165, 1.54) is 6.07 Å². The van der Waals surface area contributed by atoms with Gasteiger partial charge in [0.15, 0.2) is 21.5 Å². The molecule has 2 aliphatic heterocycles. The highest BCUT2D eigenvalue weighted by Gasteiger charge is 2.49. The summed E-state index contributed by atoms with van der Waals surface area (Å²) < 4.78 is 64.9. The third-order valence-electron chi connectivity index (χ3n) is 11.1. The van der Waals surface area contributed by atoms with Gasteiger partial charge in [-0.2, -0.15) is 0 Å². The smallest absolute Gasteiger partial charge is 0.410 e. The van der Waals surface area contributed by atoms with Gasteiger partial charge in [-0.05, 0) is 135 Å². The minimum Gasteiger partial charge on any atom is -0.444 e. The maximum Gasteiger partial charge on any atom is 0.410 e. The van der Waals surface area contributed by atoms with Gasteiger partial charge in [0.05, 0.1) is 21.9 Å². The van der Waals surface area contributed by atoms with Crippen LogP contribution >= 0.6 is 0 Å². The molecule has 3 fully saturated rings. The van der Waals surface area contributed by atoms with Crippen molar-refractivity contribution in [3.05, 3.63) is 60.1 Å². The minimum atomic E-state index is -3.55. The first-order chi connectivity index (χ1) is 25.0. The minimum absolute atomic E-state index is 0.0197. The second-order valence-corrected chi connectivity index (χ2v) is 18.5. The molecule has 53 heavy (non-hydrogen) atoms. The van der Waals surface area contributed by atoms with E-state index in [2.05, 4.69) is 25.2 Å². The first-order valence-corrected chi connectivity index (χ1v) is 20.1. The molecule has 2 saturated heterocycles. The molecule has 1 saturated carbocycles. The van der Waals surface area contributed by atoms with Crippen LogP contribution in [0.25, 0.3) is 22.3 Å². The fraction of sp³-hybridized carbons (Fsp3) is 0.538. The number of piperidine rings is 2. The number of rotatable bonds is 7. The molecule has 7 rings (SSSR count). The molecule has 1 amide bonds. The van der Waals surface area contributed by atoms with E-state index in [0.717, 1.165) is 58.1 Å². The van der Waals surface area contributed by atoms with Crippen molar-refractivity contribution >= 4 is 38.6 Å². The van der Waals surface area contributed by atoms with Crippen LogP contribution in [0, 0.1) is 24.0 Å². The zero-order valence-electron chi connectivity index (χ0n) is 31.3. The van der Waals surface area contributed by atoms with Crippen molar-refractivity contribution in [3.63, 3.8) is 0 Å². The van der Waals surface area contributed by atoms with E-state index in [9.17, 15) is 13.2 Å². The van der Waals surface area contributed by atoms with Crippen LogP contribution in [0.15, 0.2) is 47.5 Å². The summed E-state index contributed by atoms with van der Waals surface area (Å²) in [6.45, 7) is 14.3. The molecule has 4 aromatic rings. The van der Waals surface area contributed by atoms with E-state index in [1.54, 1.807) is 37.3 Å². The molecule has 14 heteroatoms. The maximum absolute atomic E-state index is 15.1. The standard InChI is InChI=1S/C39H49F2N7O4S/c1-24(2)48-25(3)43-35-31(40)19-26(20-33(35)48)34-32(41)23-42-36(45-34)44-27-7-9-29(10-8-27)53(50,51)30-11-15-46(16-12-30)28-21-39(22-28)13-17-47(18-14-39)37(49)52-38(4,5)6/h7-10,19-20,23-24,28,30H,11-18,21-22H2,1-6H3,(H,42,44,45). The summed E-state index contributed by atoms with van der Waals surface area (Å²) in [6, 6.07) is 9.82.